The molecule has 0 bridgehead atoms. The number of hydrogen-bond acceptors (Lipinski definition) is 2. The largest absolute Gasteiger partial charge is 0.241 e. The van der Waals surface area contributed by atoms with Crippen LogP contribution in [-0.2, 0) is 6.42 Å². The van der Waals surface area contributed by atoms with Crippen molar-refractivity contribution in [3.05, 3.63) is 23.3 Å². The Labute approximate surface area is 61.3 Å². The number of aryl methyl sites for hydroxylation is 3. The molecule has 1 rings (SSSR count). The first-order valence-corrected chi connectivity index (χ1v) is 3.53. The van der Waals surface area contributed by atoms with E-state index < -0.39 is 0 Å². The summed E-state index contributed by atoms with van der Waals surface area (Å²) in [6, 6.07) is 0. The molecule has 0 fully saturated rings. The fraction of sp³-hybridized carbons (Fsp3) is 0.500. The molecule has 10 heavy (non-hydrogen) atoms. The van der Waals surface area contributed by atoms with Gasteiger partial charge in [-0.05, 0) is 19.4 Å². The minimum atomic E-state index is 0.918. The molecule has 2 nitrogen and oxygen atoms in total. The third-order valence-corrected chi connectivity index (χ3v) is 1.59. The van der Waals surface area contributed by atoms with Crippen LogP contribution in [0, 0.1) is 13.8 Å². The Balaban J connectivity index is 3.04. The molecule has 0 aliphatic rings. The Morgan fingerprint density at radius 2 is 2.10 bits per heavy atom. The molecule has 0 saturated carbocycles. The lowest BCUT2D eigenvalue weighted by molar-refractivity contribution is 0.904. The van der Waals surface area contributed by atoms with Gasteiger partial charge in [-0.1, -0.05) is 6.92 Å². The quantitative estimate of drug-likeness (QED) is 0.586. The van der Waals surface area contributed by atoms with Crippen molar-refractivity contribution in [2.45, 2.75) is 27.2 Å². The second-order valence-electron chi connectivity index (χ2n) is 2.41. The van der Waals surface area contributed by atoms with E-state index in [9.17, 15) is 0 Å². The Kier molecular flexibility index (Phi) is 2.00. The second kappa shape index (κ2) is 2.78. The molecule has 1 aromatic heterocycles. The Bertz CT molecular complexity index is 231. The van der Waals surface area contributed by atoms with E-state index in [2.05, 4.69) is 16.9 Å². The summed E-state index contributed by atoms with van der Waals surface area (Å²) < 4.78 is 0. The summed E-state index contributed by atoms with van der Waals surface area (Å²) in [5.41, 5.74) is 2.25. The summed E-state index contributed by atoms with van der Waals surface area (Å²) in [6.45, 7) is 6.09. The fourth-order valence-electron chi connectivity index (χ4n) is 0.746. The second-order valence-corrected chi connectivity index (χ2v) is 2.41. The van der Waals surface area contributed by atoms with Crippen molar-refractivity contribution >= 4 is 0 Å². The molecule has 0 spiro atoms. The standard InChI is InChI=1S/C8H12N2/c1-4-8-9-5-6(2)7(3)10-8/h5H,4H2,1-3H3. The highest BCUT2D eigenvalue weighted by atomic mass is 14.9. The normalized spacial score (nSPS) is 9.90. The average Bonchev–Trinajstić information content (AvgIpc) is 1.95. The van der Waals surface area contributed by atoms with Crippen LogP contribution in [0.5, 0.6) is 0 Å². The lowest BCUT2D eigenvalue weighted by Crippen LogP contribution is -1.96. The van der Waals surface area contributed by atoms with Crippen LogP contribution in [0.2, 0.25) is 0 Å². The molecule has 1 aromatic rings. The maximum Gasteiger partial charge on any atom is 0.128 e. The summed E-state index contributed by atoms with van der Waals surface area (Å²) >= 11 is 0. The van der Waals surface area contributed by atoms with Crippen LogP contribution in [0.1, 0.15) is 24.0 Å². The van der Waals surface area contributed by atoms with E-state index in [1.54, 1.807) is 0 Å². The Morgan fingerprint density at radius 1 is 1.40 bits per heavy atom. The predicted octanol–water partition coefficient (Wildman–Crippen LogP) is 1.66. The molecule has 2 heteroatoms. The lowest BCUT2D eigenvalue weighted by Gasteiger charge is -1.99. The molecule has 0 N–H and O–H groups in total. The van der Waals surface area contributed by atoms with Gasteiger partial charge >= 0.3 is 0 Å². The van der Waals surface area contributed by atoms with Gasteiger partial charge < -0.3 is 0 Å². The molecule has 1 heterocycles. The first-order valence-electron chi connectivity index (χ1n) is 3.53. The van der Waals surface area contributed by atoms with Crippen LogP contribution >= 0.6 is 0 Å². The summed E-state index contributed by atoms with van der Waals surface area (Å²) in [4.78, 5) is 8.43. The molecule has 0 aromatic carbocycles. The van der Waals surface area contributed by atoms with Crippen LogP contribution in [0.4, 0.5) is 0 Å². The van der Waals surface area contributed by atoms with E-state index in [0.29, 0.717) is 0 Å². The number of nitrogens with zero attached hydrogens (tertiary/aromatic N) is 2. The zero-order chi connectivity index (χ0) is 7.56. The summed E-state index contributed by atoms with van der Waals surface area (Å²) in [7, 11) is 0. The van der Waals surface area contributed by atoms with Crippen LogP contribution in [0.25, 0.3) is 0 Å². The maximum absolute atomic E-state index is 4.28. The summed E-state index contributed by atoms with van der Waals surface area (Å²) in [5.74, 6) is 0.933. The predicted molar refractivity (Wildman–Crippen MR) is 40.9 cm³/mol. The van der Waals surface area contributed by atoms with Gasteiger partial charge in [0.05, 0.1) is 0 Å². The van der Waals surface area contributed by atoms with Crippen LogP contribution in [-0.4, -0.2) is 9.97 Å². The highest BCUT2D eigenvalue weighted by Gasteiger charge is 1.95. The van der Waals surface area contributed by atoms with E-state index in [1.165, 1.54) is 0 Å². The van der Waals surface area contributed by atoms with Gasteiger partial charge in [-0.15, -0.1) is 0 Å². The number of rotatable bonds is 1. The van der Waals surface area contributed by atoms with Gasteiger partial charge in [-0.2, -0.15) is 0 Å². The van der Waals surface area contributed by atoms with Crippen molar-refractivity contribution in [3.8, 4) is 0 Å². The van der Waals surface area contributed by atoms with Crippen molar-refractivity contribution in [1.29, 1.82) is 0 Å². The Morgan fingerprint density at radius 3 is 2.60 bits per heavy atom. The first-order chi connectivity index (χ1) is 4.74. The molecule has 0 aliphatic heterocycles. The van der Waals surface area contributed by atoms with Crippen molar-refractivity contribution in [3.63, 3.8) is 0 Å². The van der Waals surface area contributed by atoms with Gasteiger partial charge in [0.25, 0.3) is 0 Å². The van der Waals surface area contributed by atoms with Gasteiger partial charge in [0.15, 0.2) is 0 Å². The zero-order valence-corrected chi connectivity index (χ0v) is 6.68. The van der Waals surface area contributed by atoms with Crippen molar-refractivity contribution in [2.24, 2.45) is 0 Å². The average molecular weight is 136 g/mol. The third-order valence-electron chi connectivity index (χ3n) is 1.59. The van der Waals surface area contributed by atoms with Gasteiger partial charge in [-0.3, -0.25) is 0 Å². The third kappa shape index (κ3) is 1.32. The highest BCUT2D eigenvalue weighted by Crippen LogP contribution is 2.01. The minimum absolute atomic E-state index is 0.918. The SMILES string of the molecule is CCc1ncc(C)c(C)n1. The van der Waals surface area contributed by atoms with E-state index in [4.69, 9.17) is 0 Å². The van der Waals surface area contributed by atoms with Gasteiger partial charge in [0.1, 0.15) is 5.82 Å². The van der Waals surface area contributed by atoms with E-state index in [1.807, 2.05) is 20.0 Å². The summed E-state index contributed by atoms with van der Waals surface area (Å²) in [5, 5.41) is 0. The molecule has 54 valence electrons. The lowest BCUT2D eigenvalue weighted by atomic mass is 10.3. The van der Waals surface area contributed by atoms with Crippen molar-refractivity contribution < 1.29 is 0 Å². The molecule has 0 atom stereocenters. The topological polar surface area (TPSA) is 25.8 Å². The van der Waals surface area contributed by atoms with Gasteiger partial charge in [0, 0.05) is 18.3 Å². The number of hydrogen-bond donors (Lipinski definition) is 0. The fourth-order valence-corrected chi connectivity index (χ4v) is 0.746. The van der Waals surface area contributed by atoms with Gasteiger partial charge in [-0.25, -0.2) is 9.97 Å². The zero-order valence-electron chi connectivity index (χ0n) is 6.68. The first kappa shape index (κ1) is 7.19. The van der Waals surface area contributed by atoms with E-state index in [-0.39, 0.29) is 0 Å². The molecule has 0 unspecified atom stereocenters. The maximum atomic E-state index is 4.28. The van der Waals surface area contributed by atoms with Gasteiger partial charge in [0.2, 0.25) is 0 Å². The van der Waals surface area contributed by atoms with Crippen molar-refractivity contribution in [1.82, 2.24) is 9.97 Å². The minimum Gasteiger partial charge on any atom is -0.241 e. The van der Waals surface area contributed by atoms with E-state index in [0.717, 1.165) is 23.5 Å². The van der Waals surface area contributed by atoms with Crippen LogP contribution < -0.4 is 0 Å². The molecule has 0 radical (unpaired) electrons. The Hall–Kier alpha value is -0.920. The van der Waals surface area contributed by atoms with Crippen molar-refractivity contribution in [2.75, 3.05) is 0 Å². The van der Waals surface area contributed by atoms with Crippen LogP contribution in [0.3, 0.4) is 0 Å². The number of aromatic nitrogens is 2. The molecular weight excluding hydrogens is 124 g/mol. The smallest absolute Gasteiger partial charge is 0.128 e. The highest BCUT2D eigenvalue weighted by molar-refractivity contribution is 5.13. The van der Waals surface area contributed by atoms with E-state index >= 15 is 0 Å². The monoisotopic (exact) mass is 136 g/mol. The molecule has 0 amide bonds. The summed E-state index contributed by atoms with van der Waals surface area (Å²) in [6.07, 6.45) is 2.79. The molecule has 0 aliphatic carbocycles. The molecular formula is C8H12N2. The molecule has 0 saturated heterocycles. The van der Waals surface area contributed by atoms with Crippen LogP contribution in [0.15, 0.2) is 6.20 Å².